The molecule has 0 radical (unpaired) electrons. The van der Waals surface area contributed by atoms with Crippen LogP contribution < -0.4 is 0 Å². The molecule has 0 aliphatic carbocycles. The fourth-order valence-corrected chi connectivity index (χ4v) is 1.90. The lowest BCUT2D eigenvalue weighted by Gasteiger charge is -2.13. The molecule has 1 N–H and O–H groups in total. The minimum atomic E-state index is -0.899. The number of hydrogen-bond acceptors (Lipinski definition) is 2. The Labute approximate surface area is 104 Å². The first-order valence-corrected chi connectivity index (χ1v) is 5.75. The number of aliphatic hydroxyl groups excluding tert-OH is 1. The van der Waals surface area contributed by atoms with E-state index in [9.17, 15) is 13.9 Å². The monoisotopic (exact) mass is 252 g/mol. The van der Waals surface area contributed by atoms with Crippen molar-refractivity contribution < 1.29 is 13.9 Å². The number of nitrogens with zero attached hydrogens (tertiary/aromatic N) is 2. The summed E-state index contributed by atoms with van der Waals surface area (Å²) >= 11 is 0. The molecule has 1 aromatic carbocycles. The Morgan fingerprint density at radius 3 is 2.83 bits per heavy atom. The molecule has 0 fully saturated rings. The molecule has 1 unspecified atom stereocenters. The van der Waals surface area contributed by atoms with Crippen molar-refractivity contribution in [1.29, 1.82) is 0 Å². The molecular weight excluding hydrogens is 238 g/mol. The minimum absolute atomic E-state index is 0.0231. The standard InChI is InChI=1S/C13H14F2N2O/c1-2-17-12(5-6-16-17)13(18)8-9-7-10(14)3-4-11(9)15/h3-7,13,18H,2,8H2,1H3. The van der Waals surface area contributed by atoms with Gasteiger partial charge in [0.15, 0.2) is 0 Å². The molecule has 3 nitrogen and oxygen atoms in total. The molecule has 5 heteroatoms. The minimum Gasteiger partial charge on any atom is -0.386 e. The van der Waals surface area contributed by atoms with E-state index in [1.165, 1.54) is 0 Å². The van der Waals surface area contributed by atoms with Gasteiger partial charge in [-0.2, -0.15) is 5.10 Å². The highest BCUT2D eigenvalue weighted by Crippen LogP contribution is 2.20. The third-order valence-electron chi connectivity index (χ3n) is 2.81. The summed E-state index contributed by atoms with van der Waals surface area (Å²) in [7, 11) is 0. The maximum Gasteiger partial charge on any atom is 0.126 e. The van der Waals surface area contributed by atoms with Gasteiger partial charge in [0.2, 0.25) is 0 Å². The zero-order valence-corrected chi connectivity index (χ0v) is 9.98. The molecule has 0 saturated carbocycles. The van der Waals surface area contributed by atoms with E-state index >= 15 is 0 Å². The molecule has 0 aliphatic heterocycles. The molecule has 2 rings (SSSR count). The summed E-state index contributed by atoms with van der Waals surface area (Å²) in [5, 5.41) is 14.1. The largest absolute Gasteiger partial charge is 0.386 e. The summed E-state index contributed by atoms with van der Waals surface area (Å²) in [6, 6.07) is 4.90. The van der Waals surface area contributed by atoms with E-state index < -0.39 is 17.7 Å². The number of aryl methyl sites for hydroxylation is 1. The molecule has 0 spiro atoms. The van der Waals surface area contributed by atoms with Crippen LogP contribution in [0.1, 0.15) is 24.3 Å². The Kier molecular flexibility index (Phi) is 3.72. The Morgan fingerprint density at radius 2 is 2.11 bits per heavy atom. The van der Waals surface area contributed by atoms with Crippen molar-refractivity contribution in [3.8, 4) is 0 Å². The van der Waals surface area contributed by atoms with E-state index in [1.807, 2.05) is 6.92 Å². The summed E-state index contributed by atoms with van der Waals surface area (Å²) in [6.07, 6.45) is 0.697. The highest BCUT2D eigenvalue weighted by molar-refractivity contribution is 5.21. The van der Waals surface area contributed by atoms with Gasteiger partial charge in [-0.15, -0.1) is 0 Å². The summed E-state index contributed by atoms with van der Waals surface area (Å²) < 4.78 is 28.1. The first-order valence-electron chi connectivity index (χ1n) is 5.75. The molecule has 18 heavy (non-hydrogen) atoms. The van der Waals surface area contributed by atoms with Crippen molar-refractivity contribution in [3.05, 3.63) is 53.4 Å². The quantitative estimate of drug-likeness (QED) is 0.907. The van der Waals surface area contributed by atoms with Gasteiger partial charge >= 0.3 is 0 Å². The number of halogens is 2. The van der Waals surface area contributed by atoms with Crippen molar-refractivity contribution >= 4 is 0 Å². The van der Waals surface area contributed by atoms with Gasteiger partial charge in [0.05, 0.1) is 11.8 Å². The van der Waals surface area contributed by atoms with Crippen molar-refractivity contribution in [2.75, 3.05) is 0 Å². The third-order valence-corrected chi connectivity index (χ3v) is 2.81. The van der Waals surface area contributed by atoms with Crippen LogP contribution in [-0.4, -0.2) is 14.9 Å². The first kappa shape index (κ1) is 12.7. The van der Waals surface area contributed by atoms with Gasteiger partial charge in [-0.25, -0.2) is 8.78 Å². The second kappa shape index (κ2) is 5.27. The lowest BCUT2D eigenvalue weighted by Crippen LogP contribution is -2.11. The van der Waals surface area contributed by atoms with Crippen molar-refractivity contribution in [2.24, 2.45) is 0 Å². The number of benzene rings is 1. The maximum atomic E-state index is 13.5. The molecular formula is C13H14F2N2O. The molecule has 96 valence electrons. The Bertz CT molecular complexity index is 540. The van der Waals surface area contributed by atoms with Gasteiger partial charge in [0, 0.05) is 19.2 Å². The van der Waals surface area contributed by atoms with Crippen LogP contribution in [0.2, 0.25) is 0 Å². The van der Waals surface area contributed by atoms with Gasteiger partial charge in [-0.3, -0.25) is 4.68 Å². The average molecular weight is 252 g/mol. The van der Waals surface area contributed by atoms with E-state index in [0.717, 1.165) is 18.2 Å². The van der Waals surface area contributed by atoms with Gasteiger partial charge in [0.25, 0.3) is 0 Å². The SMILES string of the molecule is CCn1nccc1C(O)Cc1cc(F)ccc1F. The van der Waals surface area contributed by atoms with Crippen molar-refractivity contribution in [3.63, 3.8) is 0 Å². The van der Waals surface area contributed by atoms with E-state index in [0.29, 0.717) is 12.2 Å². The maximum absolute atomic E-state index is 13.5. The smallest absolute Gasteiger partial charge is 0.126 e. The zero-order valence-electron chi connectivity index (χ0n) is 9.98. The predicted molar refractivity (Wildman–Crippen MR) is 62.9 cm³/mol. The summed E-state index contributed by atoms with van der Waals surface area (Å²) in [5.41, 5.74) is 0.757. The van der Waals surface area contributed by atoms with Crippen LogP contribution in [-0.2, 0) is 13.0 Å². The molecule has 1 aromatic heterocycles. The Balaban J connectivity index is 2.21. The number of aliphatic hydroxyl groups is 1. The van der Waals surface area contributed by atoms with E-state index in [2.05, 4.69) is 5.10 Å². The van der Waals surface area contributed by atoms with Crippen LogP contribution in [0.3, 0.4) is 0 Å². The fraction of sp³-hybridized carbons (Fsp3) is 0.308. The van der Waals surface area contributed by atoms with Crippen LogP contribution in [0, 0.1) is 11.6 Å². The molecule has 0 aliphatic rings. The molecule has 1 atom stereocenters. The van der Waals surface area contributed by atoms with E-state index in [-0.39, 0.29) is 12.0 Å². The third kappa shape index (κ3) is 2.56. The predicted octanol–water partition coefficient (Wildman–Crippen LogP) is 2.46. The summed E-state index contributed by atoms with van der Waals surface area (Å²) in [4.78, 5) is 0. The van der Waals surface area contributed by atoms with Crippen LogP contribution in [0.4, 0.5) is 8.78 Å². The van der Waals surface area contributed by atoms with Gasteiger partial charge < -0.3 is 5.11 Å². The van der Waals surface area contributed by atoms with E-state index in [1.54, 1.807) is 16.9 Å². The normalized spacial score (nSPS) is 12.7. The Morgan fingerprint density at radius 1 is 1.33 bits per heavy atom. The Hall–Kier alpha value is -1.75. The fourth-order valence-electron chi connectivity index (χ4n) is 1.90. The van der Waals surface area contributed by atoms with Crippen LogP contribution >= 0.6 is 0 Å². The summed E-state index contributed by atoms with van der Waals surface area (Å²) in [6.45, 7) is 2.51. The van der Waals surface area contributed by atoms with Crippen LogP contribution in [0.15, 0.2) is 30.5 Å². The molecule has 0 saturated heterocycles. The topological polar surface area (TPSA) is 38.0 Å². The number of hydrogen-bond donors (Lipinski definition) is 1. The van der Waals surface area contributed by atoms with Gasteiger partial charge in [0.1, 0.15) is 11.6 Å². The lowest BCUT2D eigenvalue weighted by atomic mass is 10.0. The second-order valence-corrected chi connectivity index (χ2v) is 4.03. The number of rotatable bonds is 4. The van der Waals surface area contributed by atoms with Gasteiger partial charge in [-0.05, 0) is 36.8 Å². The second-order valence-electron chi connectivity index (χ2n) is 4.03. The average Bonchev–Trinajstić information content (AvgIpc) is 2.82. The first-order chi connectivity index (χ1) is 8.61. The summed E-state index contributed by atoms with van der Waals surface area (Å²) in [5.74, 6) is -1.03. The number of aromatic nitrogens is 2. The highest BCUT2D eigenvalue weighted by Gasteiger charge is 2.15. The van der Waals surface area contributed by atoms with Crippen molar-refractivity contribution in [1.82, 2.24) is 9.78 Å². The van der Waals surface area contributed by atoms with E-state index in [4.69, 9.17) is 0 Å². The van der Waals surface area contributed by atoms with Crippen LogP contribution in [0.25, 0.3) is 0 Å². The van der Waals surface area contributed by atoms with Gasteiger partial charge in [-0.1, -0.05) is 0 Å². The molecule has 0 amide bonds. The molecule has 2 aromatic rings. The lowest BCUT2D eigenvalue weighted by molar-refractivity contribution is 0.165. The van der Waals surface area contributed by atoms with Crippen LogP contribution in [0.5, 0.6) is 0 Å². The zero-order chi connectivity index (χ0) is 13.1. The molecule has 1 heterocycles. The van der Waals surface area contributed by atoms with Crippen molar-refractivity contribution in [2.45, 2.75) is 26.0 Å². The highest BCUT2D eigenvalue weighted by atomic mass is 19.1. The molecule has 0 bridgehead atoms.